The van der Waals surface area contributed by atoms with Crippen molar-refractivity contribution in [2.75, 3.05) is 0 Å². The van der Waals surface area contributed by atoms with E-state index in [2.05, 4.69) is 0 Å². The molecule has 0 radical (unpaired) electrons. The first-order chi connectivity index (χ1) is 4.29. The molecule has 0 rings (SSSR count). The Kier molecular flexibility index (Phi) is 6.29. The number of aliphatic hydroxyl groups is 1. The van der Waals surface area contributed by atoms with Gasteiger partial charge in [0.05, 0.1) is 0 Å². The first kappa shape index (κ1) is 12.1. The van der Waals surface area contributed by atoms with E-state index >= 15 is 0 Å². The highest BCUT2D eigenvalue weighted by Gasteiger charge is 2.06. The molecule has 0 heterocycles. The highest BCUT2D eigenvalue weighted by atomic mass is 16.4. The summed E-state index contributed by atoms with van der Waals surface area (Å²) in [5, 5.41) is 16.0. The van der Waals surface area contributed by atoms with Gasteiger partial charge in [0.1, 0.15) is 5.72 Å². The Morgan fingerprint density at radius 2 is 1.80 bits per heavy atom. The highest BCUT2D eigenvalue weighted by molar-refractivity contribution is 5.62. The summed E-state index contributed by atoms with van der Waals surface area (Å²) < 4.78 is 0. The Morgan fingerprint density at radius 1 is 1.70 bits per heavy atom. The summed E-state index contributed by atoms with van der Waals surface area (Å²) in [4.78, 5) is 9.00. The van der Waals surface area contributed by atoms with Crippen LogP contribution in [-0.4, -0.2) is 21.9 Å². The van der Waals surface area contributed by atoms with Gasteiger partial charge in [-0.3, -0.25) is 4.79 Å². The SMILES string of the molecule is CC(=O)O.CCC(C)(N)O. The van der Waals surface area contributed by atoms with Crippen molar-refractivity contribution in [1.29, 1.82) is 0 Å². The molecule has 0 aromatic heterocycles. The average molecular weight is 149 g/mol. The molecular weight excluding hydrogens is 134 g/mol. The number of aliphatic carboxylic acids is 1. The first-order valence-corrected chi connectivity index (χ1v) is 3.00. The van der Waals surface area contributed by atoms with Gasteiger partial charge in [0.15, 0.2) is 0 Å². The van der Waals surface area contributed by atoms with Gasteiger partial charge in [-0.2, -0.15) is 0 Å². The van der Waals surface area contributed by atoms with Crippen molar-refractivity contribution in [2.24, 2.45) is 5.73 Å². The van der Waals surface area contributed by atoms with Crippen molar-refractivity contribution in [2.45, 2.75) is 32.9 Å². The maximum atomic E-state index is 9.00. The van der Waals surface area contributed by atoms with Crippen molar-refractivity contribution in [3.63, 3.8) is 0 Å². The molecule has 0 aromatic carbocycles. The molecular formula is C6H15NO3. The van der Waals surface area contributed by atoms with E-state index < -0.39 is 11.7 Å². The monoisotopic (exact) mass is 149 g/mol. The third-order valence-electron chi connectivity index (χ3n) is 0.716. The molecule has 62 valence electrons. The van der Waals surface area contributed by atoms with Gasteiger partial charge >= 0.3 is 0 Å². The Hall–Kier alpha value is -0.610. The predicted molar refractivity (Wildman–Crippen MR) is 38.4 cm³/mol. The minimum atomic E-state index is -0.958. The molecule has 1 unspecified atom stereocenters. The summed E-state index contributed by atoms with van der Waals surface area (Å²) in [5.74, 6) is -0.833. The van der Waals surface area contributed by atoms with Gasteiger partial charge in [-0.25, -0.2) is 0 Å². The van der Waals surface area contributed by atoms with Gasteiger partial charge in [-0.1, -0.05) is 6.92 Å². The molecule has 0 aliphatic rings. The first-order valence-electron chi connectivity index (χ1n) is 3.00. The molecule has 1 atom stereocenters. The van der Waals surface area contributed by atoms with Crippen LogP contribution in [0.2, 0.25) is 0 Å². The maximum Gasteiger partial charge on any atom is 0.300 e. The molecule has 0 spiro atoms. The van der Waals surface area contributed by atoms with E-state index in [0.717, 1.165) is 6.92 Å². The van der Waals surface area contributed by atoms with Crippen LogP contribution < -0.4 is 5.73 Å². The maximum absolute atomic E-state index is 9.00. The molecule has 4 nitrogen and oxygen atoms in total. The van der Waals surface area contributed by atoms with Crippen molar-refractivity contribution < 1.29 is 15.0 Å². The third-order valence-corrected chi connectivity index (χ3v) is 0.716. The van der Waals surface area contributed by atoms with E-state index in [-0.39, 0.29) is 0 Å². The number of carboxylic acids is 1. The topological polar surface area (TPSA) is 83.5 Å². The van der Waals surface area contributed by atoms with Gasteiger partial charge in [0.2, 0.25) is 0 Å². The molecule has 0 aromatic rings. The van der Waals surface area contributed by atoms with Crippen LogP contribution in [0.5, 0.6) is 0 Å². The standard InChI is InChI=1S/C4H11NO.C2H4O2/c1-3-4(2,5)6;1-2(3)4/h6H,3,5H2,1-2H3;1H3,(H,3,4). The largest absolute Gasteiger partial charge is 0.481 e. The molecule has 0 saturated carbocycles. The van der Waals surface area contributed by atoms with E-state index in [1.165, 1.54) is 0 Å². The lowest BCUT2D eigenvalue weighted by Gasteiger charge is -2.11. The average Bonchev–Trinajstić information content (AvgIpc) is 1.63. The predicted octanol–water partition coefficient (Wildman–Crippen LogP) is 0.155. The zero-order valence-electron chi connectivity index (χ0n) is 6.59. The summed E-state index contributed by atoms with van der Waals surface area (Å²) in [6, 6.07) is 0. The Morgan fingerprint density at radius 3 is 1.80 bits per heavy atom. The summed E-state index contributed by atoms with van der Waals surface area (Å²) in [6.07, 6.45) is 0.604. The lowest BCUT2D eigenvalue weighted by atomic mass is 10.2. The van der Waals surface area contributed by atoms with Crippen molar-refractivity contribution >= 4 is 5.97 Å². The zero-order chi connectivity index (χ0) is 8.78. The quantitative estimate of drug-likeness (QED) is 0.463. The van der Waals surface area contributed by atoms with E-state index in [0.29, 0.717) is 6.42 Å². The number of hydrogen-bond acceptors (Lipinski definition) is 3. The second-order valence-electron chi connectivity index (χ2n) is 2.23. The summed E-state index contributed by atoms with van der Waals surface area (Å²) in [7, 11) is 0. The van der Waals surface area contributed by atoms with Crippen LogP contribution >= 0.6 is 0 Å². The zero-order valence-corrected chi connectivity index (χ0v) is 6.59. The Bertz CT molecular complexity index is 91.7. The van der Waals surface area contributed by atoms with Crippen LogP contribution in [0.25, 0.3) is 0 Å². The number of carboxylic acid groups (broad SMARTS) is 1. The Labute approximate surface area is 60.7 Å². The van der Waals surface area contributed by atoms with E-state index in [1.54, 1.807) is 6.92 Å². The van der Waals surface area contributed by atoms with Crippen LogP contribution in [0.4, 0.5) is 0 Å². The Balaban J connectivity index is 0. The number of nitrogens with two attached hydrogens (primary N) is 1. The third kappa shape index (κ3) is 52.8. The molecule has 4 N–H and O–H groups in total. The van der Waals surface area contributed by atoms with Crippen LogP contribution in [0.15, 0.2) is 0 Å². The van der Waals surface area contributed by atoms with Crippen LogP contribution in [0, 0.1) is 0 Å². The van der Waals surface area contributed by atoms with Crippen molar-refractivity contribution in [1.82, 2.24) is 0 Å². The lowest BCUT2D eigenvalue weighted by molar-refractivity contribution is -0.134. The molecule has 0 fully saturated rings. The van der Waals surface area contributed by atoms with Crippen molar-refractivity contribution in [3.05, 3.63) is 0 Å². The number of carbonyl (C=O) groups is 1. The van der Waals surface area contributed by atoms with E-state index in [4.69, 9.17) is 20.7 Å². The lowest BCUT2D eigenvalue weighted by Crippen LogP contribution is -2.34. The van der Waals surface area contributed by atoms with Crippen LogP contribution in [0.3, 0.4) is 0 Å². The minimum absolute atomic E-state index is 0.604. The molecule has 10 heavy (non-hydrogen) atoms. The van der Waals surface area contributed by atoms with Crippen molar-refractivity contribution in [3.8, 4) is 0 Å². The normalized spacial score (nSPS) is 14.5. The summed E-state index contributed by atoms with van der Waals surface area (Å²) in [5.41, 5.74) is 4.13. The minimum Gasteiger partial charge on any atom is -0.481 e. The smallest absolute Gasteiger partial charge is 0.300 e. The molecule has 0 aliphatic carbocycles. The van der Waals surface area contributed by atoms with Gasteiger partial charge < -0.3 is 15.9 Å². The van der Waals surface area contributed by atoms with E-state index in [1.807, 2.05) is 6.92 Å². The highest BCUT2D eigenvalue weighted by Crippen LogP contribution is 1.94. The second-order valence-corrected chi connectivity index (χ2v) is 2.23. The van der Waals surface area contributed by atoms with Crippen LogP contribution in [0.1, 0.15) is 27.2 Å². The van der Waals surface area contributed by atoms with Gasteiger partial charge in [-0.15, -0.1) is 0 Å². The molecule has 0 aliphatic heterocycles. The number of rotatable bonds is 1. The summed E-state index contributed by atoms with van der Waals surface area (Å²) in [6.45, 7) is 4.49. The molecule has 0 saturated heterocycles. The fraction of sp³-hybridized carbons (Fsp3) is 0.833. The fourth-order valence-electron chi connectivity index (χ4n) is 0. The summed E-state index contributed by atoms with van der Waals surface area (Å²) >= 11 is 0. The van der Waals surface area contributed by atoms with Gasteiger partial charge in [-0.05, 0) is 13.3 Å². The van der Waals surface area contributed by atoms with Gasteiger partial charge in [0.25, 0.3) is 5.97 Å². The van der Waals surface area contributed by atoms with Gasteiger partial charge in [0, 0.05) is 6.92 Å². The van der Waals surface area contributed by atoms with Crippen LogP contribution in [-0.2, 0) is 4.79 Å². The van der Waals surface area contributed by atoms with E-state index in [9.17, 15) is 0 Å². The molecule has 0 bridgehead atoms. The fourth-order valence-corrected chi connectivity index (χ4v) is 0. The number of hydrogen-bond donors (Lipinski definition) is 3. The second kappa shape index (κ2) is 5.20. The molecule has 0 amide bonds. The molecule has 4 heteroatoms.